The van der Waals surface area contributed by atoms with Gasteiger partial charge >= 0.3 is 5.97 Å². The van der Waals surface area contributed by atoms with E-state index in [1.54, 1.807) is 0 Å². The fourth-order valence-corrected chi connectivity index (χ4v) is 1.05. The number of aliphatic carboxylic acids is 1. The summed E-state index contributed by atoms with van der Waals surface area (Å²) < 4.78 is 10.4. The summed E-state index contributed by atoms with van der Waals surface area (Å²) >= 11 is 0. The van der Waals surface area contributed by atoms with Gasteiger partial charge in [0, 0.05) is 5.92 Å². The van der Waals surface area contributed by atoms with Crippen LogP contribution in [0.4, 0.5) is 0 Å². The number of carboxylic acid groups (broad SMARTS) is 1. The first-order valence-corrected chi connectivity index (χ1v) is 4.07. The van der Waals surface area contributed by atoms with Crippen molar-refractivity contribution in [3.63, 3.8) is 0 Å². The Kier molecular flexibility index (Phi) is 5.29. The van der Waals surface area contributed by atoms with Crippen LogP contribution < -0.4 is 0 Å². The smallest absolute Gasteiger partial charge is 0.311 e. The lowest BCUT2D eigenvalue weighted by Crippen LogP contribution is -2.38. The maximum Gasteiger partial charge on any atom is 0.311 e. The average Bonchev–Trinajstić information content (AvgIpc) is 2.04. The lowest BCUT2D eigenvalue weighted by atomic mass is 10.1. The number of ether oxygens (including phenoxy) is 2. The van der Waals surface area contributed by atoms with Crippen molar-refractivity contribution in [3.8, 4) is 0 Å². The van der Waals surface area contributed by atoms with Gasteiger partial charge in [0.25, 0.3) is 0 Å². The van der Waals surface area contributed by atoms with E-state index in [4.69, 9.17) is 14.6 Å². The largest absolute Gasteiger partial charge is 0.481 e. The van der Waals surface area contributed by atoms with E-state index >= 15 is 0 Å². The second kappa shape index (κ2) is 5.42. The Hall–Kier alpha value is -0.320. The second-order valence-electron chi connectivity index (χ2n) is 3.31. The summed E-state index contributed by atoms with van der Waals surface area (Å²) in [7, 11) is 0. The van der Waals surface area contributed by atoms with Gasteiger partial charge < -0.3 is 14.6 Å². The molecule has 1 aliphatic rings. The van der Waals surface area contributed by atoms with Crippen molar-refractivity contribution in [1.29, 1.82) is 0 Å². The predicted octanol–water partition coefficient (Wildman–Crippen LogP) is 1.14. The van der Waals surface area contributed by atoms with Crippen LogP contribution in [-0.4, -0.2) is 30.6 Å². The van der Waals surface area contributed by atoms with Gasteiger partial charge in [0.15, 0.2) is 6.29 Å². The van der Waals surface area contributed by atoms with E-state index in [0.717, 1.165) is 0 Å². The molecule has 0 radical (unpaired) electrons. The van der Waals surface area contributed by atoms with Crippen LogP contribution in [0.25, 0.3) is 0 Å². The van der Waals surface area contributed by atoms with Gasteiger partial charge in [0.2, 0.25) is 0 Å². The fourth-order valence-electron chi connectivity index (χ4n) is 1.05. The average molecular weight is 211 g/mol. The van der Waals surface area contributed by atoms with Crippen LogP contribution in [0.15, 0.2) is 0 Å². The molecule has 0 bridgehead atoms. The summed E-state index contributed by atoms with van der Waals surface area (Å²) in [5, 5.41) is 8.60. The van der Waals surface area contributed by atoms with E-state index in [0.29, 0.717) is 0 Å². The molecule has 0 aromatic heterocycles. The third-order valence-electron chi connectivity index (χ3n) is 1.82. The van der Waals surface area contributed by atoms with Crippen molar-refractivity contribution >= 4 is 18.4 Å². The highest BCUT2D eigenvalue weighted by atomic mass is 35.5. The van der Waals surface area contributed by atoms with Crippen LogP contribution in [0.2, 0.25) is 0 Å². The van der Waals surface area contributed by atoms with Gasteiger partial charge in [-0.3, -0.25) is 4.79 Å². The number of halogens is 1. The minimum atomic E-state index is -0.850. The van der Waals surface area contributed by atoms with E-state index in [2.05, 4.69) is 0 Å². The molecule has 1 heterocycles. The fraction of sp³-hybridized carbons (Fsp3) is 0.875. The third kappa shape index (κ3) is 3.50. The highest BCUT2D eigenvalue weighted by molar-refractivity contribution is 5.85. The SMILES string of the molecule is CC(C)C1OCC(C(=O)O)CO1.Cl. The molecule has 4 nitrogen and oxygen atoms in total. The highest BCUT2D eigenvalue weighted by Gasteiger charge is 2.28. The summed E-state index contributed by atoms with van der Waals surface area (Å²) in [6.07, 6.45) is -0.236. The molecule has 0 amide bonds. The molecule has 1 saturated heterocycles. The maximum atomic E-state index is 10.5. The number of carbonyl (C=O) groups is 1. The highest BCUT2D eigenvalue weighted by Crippen LogP contribution is 2.16. The molecule has 0 spiro atoms. The van der Waals surface area contributed by atoms with Gasteiger partial charge in [0.1, 0.15) is 5.92 Å². The molecule has 5 heteroatoms. The first kappa shape index (κ1) is 12.7. The minimum Gasteiger partial charge on any atom is -0.481 e. The molecule has 0 unspecified atom stereocenters. The predicted molar refractivity (Wildman–Crippen MR) is 48.9 cm³/mol. The molecule has 1 rings (SSSR count). The van der Waals surface area contributed by atoms with Crippen LogP contribution in [-0.2, 0) is 14.3 Å². The Bertz CT molecular complexity index is 164. The quantitative estimate of drug-likeness (QED) is 0.743. The Morgan fingerprint density at radius 1 is 1.38 bits per heavy atom. The molecular formula is C8H15ClO4. The van der Waals surface area contributed by atoms with Crippen LogP contribution in [0, 0.1) is 11.8 Å². The molecule has 1 aliphatic heterocycles. The molecule has 1 fully saturated rings. The normalized spacial score (nSPS) is 28.2. The Balaban J connectivity index is 0.00000144. The zero-order chi connectivity index (χ0) is 9.14. The molecule has 0 saturated carbocycles. The molecule has 0 aliphatic carbocycles. The van der Waals surface area contributed by atoms with Crippen molar-refractivity contribution in [2.75, 3.05) is 13.2 Å². The van der Waals surface area contributed by atoms with E-state index in [9.17, 15) is 4.79 Å². The third-order valence-corrected chi connectivity index (χ3v) is 1.82. The summed E-state index contributed by atoms with van der Waals surface area (Å²) in [5.74, 6) is -1.07. The van der Waals surface area contributed by atoms with Gasteiger partial charge in [-0.1, -0.05) is 13.8 Å². The van der Waals surface area contributed by atoms with Gasteiger partial charge in [-0.15, -0.1) is 12.4 Å². The summed E-state index contributed by atoms with van der Waals surface area (Å²) in [4.78, 5) is 10.5. The zero-order valence-electron chi connectivity index (χ0n) is 7.73. The van der Waals surface area contributed by atoms with Crippen molar-refractivity contribution in [1.82, 2.24) is 0 Å². The molecular weight excluding hydrogens is 196 g/mol. The van der Waals surface area contributed by atoms with Gasteiger partial charge in [-0.2, -0.15) is 0 Å². The van der Waals surface area contributed by atoms with Gasteiger partial charge in [-0.25, -0.2) is 0 Å². The molecule has 13 heavy (non-hydrogen) atoms. The van der Waals surface area contributed by atoms with E-state index in [-0.39, 0.29) is 37.8 Å². The monoisotopic (exact) mass is 210 g/mol. The Morgan fingerprint density at radius 3 is 2.15 bits per heavy atom. The number of hydrogen-bond acceptors (Lipinski definition) is 3. The molecule has 0 aromatic carbocycles. The zero-order valence-corrected chi connectivity index (χ0v) is 8.54. The minimum absolute atomic E-state index is 0. The summed E-state index contributed by atoms with van der Waals surface area (Å²) in [5.41, 5.74) is 0. The van der Waals surface area contributed by atoms with Crippen molar-refractivity contribution in [2.24, 2.45) is 11.8 Å². The topological polar surface area (TPSA) is 55.8 Å². The Morgan fingerprint density at radius 2 is 1.85 bits per heavy atom. The lowest BCUT2D eigenvalue weighted by Gasteiger charge is -2.29. The van der Waals surface area contributed by atoms with E-state index < -0.39 is 11.9 Å². The van der Waals surface area contributed by atoms with Gasteiger partial charge in [0.05, 0.1) is 13.2 Å². The Labute approximate surface area is 83.6 Å². The van der Waals surface area contributed by atoms with Crippen LogP contribution in [0.5, 0.6) is 0 Å². The first-order valence-electron chi connectivity index (χ1n) is 4.07. The van der Waals surface area contributed by atoms with Gasteiger partial charge in [-0.05, 0) is 0 Å². The van der Waals surface area contributed by atoms with Crippen molar-refractivity contribution in [2.45, 2.75) is 20.1 Å². The molecule has 1 N–H and O–H groups in total. The van der Waals surface area contributed by atoms with E-state index in [1.807, 2.05) is 13.8 Å². The van der Waals surface area contributed by atoms with Crippen molar-refractivity contribution < 1.29 is 19.4 Å². The standard InChI is InChI=1S/C8H14O4.ClH/c1-5(2)8-11-3-6(4-12-8)7(9)10;/h5-6,8H,3-4H2,1-2H3,(H,9,10);1H. The maximum absolute atomic E-state index is 10.5. The summed E-state index contributed by atoms with van der Waals surface area (Å²) in [6.45, 7) is 4.48. The number of rotatable bonds is 2. The van der Waals surface area contributed by atoms with Crippen LogP contribution in [0.1, 0.15) is 13.8 Å². The van der Waals surface area contributed by atoms with Crippen molar-refractivity contribution in [3.05, 3.63) is 0 Å². The molecule has 0 aromatic rings. The lowest BCUT2D eigenvalue weighted by molar-refractivity contribution is -0.222. The second-order valence-corrected chi connectivity index (χ2v) is 3.31. The van der Waals surface area contributed by atoms with Crippen LogP contribution in [0.3, 0.4) is 0 Å². The molecule has 78 valence electrons. The van der Waals surface area contributed by atoms with E-state index in [1.165, 1.54) is 0 Å². The summed E-state index contributed by atoms with van der Waals surface area (Å²) in [6, 6.07) is 0. The van der Waals surface area contributed by atoms with Crippen LogP contribution >= 0.6 is 12.4 Å². The molecule has 0 atom stereocenters. The number of hydrogen-bond donors (Lipinski definition) is 1. The number of carboxylic acids is 1. The first-order chi connectivity index (χ1) is 5.61.